The molecule has 1 fully saturated rings. The third-order valence-corrected chi connectivity index (χ3v) is 4.33. The molecular weight excluding hydrogens is 359 g/mol. The van der Waals surface area contributed by atoms with Gasteiger partial charge in [-0.2, -0.15) is 0 Å². The molecule has 25 heavy (non-hydrogen) atoms. The van der Waals surface area contributed by atoms with Crippen LogP contribution in [0.15, 0.2) is 48.5 Å². The first-order valence-corrected chi connectivity index (χ1v) is 8.03. The quantitative estimate of drug-likeness (QED) is 0.780. The first-order chi connectivity index (χ1) is 11.3. The van der Waals surface area contributed by atoms with Crippen LogP contribution >= 0.6 is 24.8 Å². The molecule has 0 bridgehead atoms. The van der Waals surface area contributed by atoms with E-state index in [1.807, 2.05) is 12.1 Å². The summed E-state index contributed by atoms with van der Waals surface area (Å²) in [7, 11) is 3.43. The summed E-state index contributed by atoms with van der Waals surface area (Å²) in [4.78, 5) is 4.91. The molecule has 1 aliphatic heterocycles. The Morgan fingerprint density at radius 2 is 1.40 bits per heavy atom. The number of methoxy groups -OCH3 is 2. The van der Waals surface area contributed by atoms with E-state index in [0.29, 0.717) is 0 Å². The fourth-order valence-corrected chi connectivity index (χ4v) is 3.00. The molecule has 1 aliphatic rings. The summed E-state index contributed by atoms with van der Waals surface area (Å²) >= 11 is 0. The van der Waals surface area contributed by atoms with Crippen LogP contribution in [-0.2, 0) is 6.54 Å². The Morgan fingerprint density at radius 3 is 2.04 bits per heavy atom. The van der Waals surface area contributed by atoms with Crippen LogP contribution in [0.3, 0.4) is 0 Å². The van der Waals surface area contributed by atoms with Gasteiger partial charge in [0.15, 0.2) is 0 Å². The Labute approximate surface area is 162 Å². The zero-order valence-electron chi connectivity index (χ0n) is 14.7. The van der Waals surface area contributed by atoms with Crippen LogP contribution in [0.1, 0.15) is 5.56 Å². The molecular formula is C19H26Cl2N2O2. The number of rotatable bonds is 5. The summed E-state index contributed by atoms with van der Waals surface area (Å²) < 4.78 is 10.6. The van der Waals surface area contributed by atoms with Gasteiger partial charge in [-0.15, -0.1) is 24.8 Å². The number of piperazine rings is 1. The number of hydrogen-bond acceptors (Lipinski definition) is 4. The Kier molecular flexibility index (Phi) is 8.90. The van der Waals surface area contributed by atoms with Crippen LogP contribution in [0, 0.1) is 0 Å². The van der Waals surface area contributed by atoms with Crippen LogP contribution in [0.4, 0.5) is 5.69 Å². The molecule has 0 unspecified atom stereocenters. The normalized spacial score (nSPS) is 14.2. The summed E-state index contributed by atoms with van der Waals surface area (Å²) in [5.41, 5.74) is 2.55. The van der Waals surface area contributed by atoms with Gasteiger partial charge in [0.1, 0.15) is 11.5 Å². The number of halogens is 2. The molecule has 2 aromatic carbocycles. The predicted octanol–water partition coefficient (Wildman–Crippen LogP) is 3.87. The van der Waals surface area contributed by atoms with E-state index in [4.69, 9.17) is 9.47 Å². The van der Waals surface area contributed by atoms with E-state index in [1.54, 1.807) is 14.2 Å². The molecule has 3 rings (SSSR count). The minimum Gasteiger partial charge on any atom is -0.497 e. The molecule has 1 heterocycles. The first kappa shape index (κ1) is 21.4. The molecule has 1 saturated heterocycles. The molecule has 4 nitrogen and oxygen atoms in total. The van der Waals surface area contributed by atoms with Gasteiger partial charge in [-0.1, -0.05) is 18.2 Å². The van der Waals surface area contributed by atoms with E-state index < -0.39 is 0 Å². The third kappa shape index (κ3) is 5.70. The van der Waals surface area contributed by atoms with Gasteiger partial charge < -0.3 is 14.4 Å². The van der Waals surface area contributed by atoms with E-state index in [-0.39, 0.29) is 24.8 Å². The summed E-state index contributed by atoms with van der Waals surface area (Å²) in [5.74, 6) is 1.85. The molecule has 138 valence electrons. The molecule has 0 saturated carbocycles. The average molecular weight is 385 g/mol. The van der Waals surface area contributed by atoms with Gasteiger partial charge in [-0.3, -0.25) is 4.90 Å². The maximum atomic E-state index is 5.32. The van der Waals surface area contributed by atoms with Gasteiger partial charge in [-0.25, -0.2) is 0 Å². The largest absolute Gasteiger partial charge is 0.497 e. The van der Waals surface area contributed by atoms with Crippen molar-refractivity contribution in [1.29, 1.82) is 0 Å². The molecule has 0 spiro atoms. The molecule has 0 N–H and O–H groups in total. The van der Waals surface area contributed by atoms with Crippen molar-refractivity contribution in [1.82, 2.24) is 4.90 Å². The fraction of sp³-hybridized carbons (Fsp3) is 0.368. The third-order valence-electron chi connectivity index (χ3n) is 4.33. The van der Waals surface area contributed by atoms with Crippen molar-refractivity contribution in [3.63, 3.8) is 0 Å². The Hall–Kier alpha value is -1.62. The van der Waals surface area contributed by atoms with E-state index >= 15 is 0 Å². The summed E-state index contributed by atoms with van der Waals surface area (Å²) in [6.07, 6.45) is 0. The fourth-order valence-electron chi connectivity index (χ4n) is 3.00. The maximum Gasteiger partial charge on any atom is 0.120 e. The van der Waals surface area contributed by atoms with Crippen molar-refractivity contribution >= 4 is 30.5 Å². The topological polar surface area (TPSA) is 24.9 Å². The van der Waals surface area contributed by atoms with Crippen LogP contribution in [0.2, 0.25) is 0 Å². The lowest BCUT2D eigenvalue weighted by Crippen LogP contribution is -2.45. The molecule has 0 atom stereocenters. The van der Waals surface area contributed by atoms with Crippen molar-refractivity contribution in [2.24, 2.45) is 0 Å². The highest BCUT2D eigenvalue weighted by molar-refractivity contribution is 5.85. The molecule has 0 amide bonds. The van der Waals surface area contributed by atoms with Crippen molar-refractivity contribution in [3.8, 4) is 11.5 Å². The van der Waals surface area contributed by atoms with Gasteiger partial charge in [0.05, 0.1) is 14.2 Å². The van der Waals surface area contributed by atoms with Gasteiger partial charge in [0.25, 0.3) is 0 Å². The highest BCUT2D eigenvalue weighted by Gasteiger charge is 2.17. The summed E-state index contributed by atoms with van der Waals surface area (Å²) in [6.45, 7) is 5.18. The molecule has 0 aromatic heterocycles. The number of hydrogen-bond donors (Lipinski definition) is 0. The van der Waals surface area contributed by atoms with Gasteiger partial charge in [0.2, 0.25) is 0 Å². The Bertz CT molecular complexity index is 647. The molecule has 2 aromatic rings. The number of ether oxygens (including phenoxy) is 2. The SMILES string of the molecule is COc1cccc(CN2CCN(c3cccc(OC)c3)CC2)c1.Cl.Cl. The van der Waals surface area contributed by atoms with Crippen molar-refractivity contribution in [3.05, 3.63) is 54.1 Å². The van der Waals surface area contributed by atoms with Crippen LogP contribution < -0.4 is 14.4 Å². The summed E-state index contributed by atoms with van der Waals surface area (Å²) in [6, 6.07) is 16.6. The second kappa shape index (κ2) is 10.4. The smallest absolute Gasteiger partial charge is 0.120 e. The highest BCUT2D eigenvalue weighted by Crippen LogP contribution is 2.22. The lowest BCUT2D eigenvalue weighted by Gasteiger charge is -2.36. The van der Waals surface area contributed by atoms with E-state index in [1.165, 1.54) is 11.3 Å². The zero-order chi connectivity index (χ0) is 16.1. The predicted molar refractivity (Wildman–Crippen MR) is 108 cm³/mol. The lowest BCUT2D eigenvalue weighted by atomic mass is 10.1. The Morgan fingerprint density at radius 1 is 0.800 bits per heavy atom. The molecule has 6 heteroatoms. The number of nitrogens with zero attached hydrogens (tertiary/aromatic N) is 2. The van der Waals surface area contributed by atoms with Crippen LogP contribution in [0.5, 0.6) is 11.5 Å². The second-order valence-electron chi connectivity index (χ2n) is 5.82. The van der Waals surface area contributed by atoms with E-state index in [9.17, 15) is 0 Å². The van der Waals surface area contributed by atoms with Crippen LogP contribution in [-0.4, -0.2) is 45.3 Å². The number of anilines is 1. The van der Waals surface area contributed by atoms with Crippen LogP contribution in [0.25, 0.3) is 0 Å². The Balaban J connectivity index is 0.00000156. The highest BCUT2D eigenvalue weighted by atomic mass is 35.5. The van der Waals surface area contributed by atoms with E-state index in [0.717, 1.165) is 44.2 Å². The lowest BCUT2D eigenvalue weighted by molar-refractivity contribution is 0.249. The second-order valence-corrected chi connectivity index (χ2v) is 5.82. The monoisotopic (exact) mass is 384 g/mol. The molecule has 0 radical (unpaired) electrons. The standard InChI is InChI=1S/C19H24N2O2.2ClH/c1-22-18-7-3-5-16(13-18)15-20-9-11-21(12-10-20)17-6-4-8-19(14-17)23-2;;/h3-8,13-14H,9-12,15H2,1-2H3;2*1H. The van der Waals surface area contributed by atoms with E-state index in [2.05, 4.69) is 46.2 Å². The van der Waals surface area contributed by atoms with Gasteiger partial charge in [-0.05, 0) is 29.8 Å². The van der Waals surface area contributed by atoms with Crippen molar-refractivity contribution in [2.75, 3.05) is 45.3 Å². The minimum absolute atomic E-state index is 0. The first-order valence-electron chi connectivity index (χ1n) is 8.03. The zero-order valence-corrected chi connectivity index (χ0v) is 16.3. The maximum absolute atomic E-state index is 5.32. The van der Waals surface area contributed by atoms with Crippen molar-refractivity contribution in [2.45, 2.75) is 6.54 Å². The van der Waals surface area contributed by atoms with Gasteiger partial charge >= 0.3 is 0 Å². The van der Waals surface area contributed by atoms with Crippen molar-refractivity contribution < 1.29 is 9.47 Å². The summed E-state index contributed by atoms with van der Waals surface area (Å²) in [5, 5.41) is 0. The molecule has 0 aliphatic carbocycles. The minimum atomic E-state index is 0. The number of benzene rings is 2. The average Bonchev–Trinajstić information content (AvgIpc) is 2.62. The van der Waals surface area contributed by atoms with Gasteiger partial charge in [0, 0.05) is 44.5 Å².